The van der Waals surface area contributed by atoms with Crippen molar-refractivity contribution in [2.45, 2.75) is 51.4 Å². The summed E-state index contributed by atoms with van der Waals surface area (Å²) in [5.41, 5.74) is 10.6. The molecule has 2 heterocycles. The first kappa shape index (κ1) is 27.7. The van der Waals surface area contributed by atoms with Crippen LogP contribution in [0.25, 0.3) is 76.5 Å². The summed E-state index contributed by atoms with van der Waals surface area (Å²) < 4.78 is 5.03. The van der Waals surface area contributed by atoms with Gasteiger partial charge in [-0.3, -0.25) is 0 Å². The van der Waals surface area contributed by atoms with Crippen molar-refractivity contribution in [3.05, 3.63) is 145 Å². The molecule has 0 saturated carbocycles. The minimum atomic E-state index is 0.108. The molecule has 0 fully saturated rings. The van der Waals surface area contributed by atoms with Gasteiger partial charge in [-0.1, -0.05) is 113 Å². The Morgan fingerprint density at radius 3 is 1.71 bits per heavy atom. The van der Waals surface area contributed by atoms with Crippen LogP contribution >= 0.6 is 0 Å². The third-order valence-electron chi connectivity index (χ3n) is 11.5. The molecule has 1 aliphatic rings. The number of fused-ring (bicyclic) bond motifs is 10. The number of nitrogens with zero attached hydrogens (tertiary/aromatic N) is 2. The van der Waals surface area contributed by atoms with Gasteiger partial charge in [-0.2, -0.15) is 0 Å². The van der Waals surface area contributed by atoms with Gasteiger partial charge in [-0.05, 0) is 99.5 Å². The van der Waals surface area contributed by atoms with Gasteiger partial charge in [0.25, 0.3) is 0 Å². The Kier molecular flexibility index (Phi) is 5.55. The Morgan fingerprint density at radius 1 is 0.396 bits per heavy atom. The van der Waals surface area contributed by atoms with Crippen molar-refractivity contribution in [1.29, 1.82) is 0 Å². The second kappa shape index (κ2) is 9.61. The van der Waals surface area contributed by atoms with Gasteiger partial charge in [0.05, 0.1) is 27.8 Å². The van der Waals surface area contributed by atoms with Crippen molar-refractivity contribution in [2.24, 2.45) is 0 Å². The van der Waals surface area contributed by atoms with Crippen LogP contribution in [-0.4, -0.2) is 9.13 Å². The fourth-order valence-electron chi connectivity index (χ4n) is 8.87. The Labute approximate surface area is 280 Å². The maximum Gasteiger partial charge on any atom is 0.0562 e. The Hall–Kier alpha value is -5.34. The first-order chi connectivity index (χ1) is 23.3. The van der Waals surface area contributed by atoms with Crippen LogP contribution < -0.4 is 0 Å². The molecule has 0 saturated heterocycles. The van der Waals surface area contributed by atoms with E-state index >= 15 is 0 Å². The molecular weight excluding hydrogens is 581 g/mol. The lowest BCUT2D eigenvalue weighted by molar-refractivity contribution is 0.332. The van der Waals surface area contributed by atoms with Crippen molar-refractivity contribution < 1.29 is 0 Å². The van der Waals surface area contributed by atoms with Gasteiger partial charge in [0.1, 0.15) is 0 Å². The highest BCUT2D eigenvalue weighted by Crippen LogP contribution is 2.49. The van der Waals surface area contributed by atoms with Gasteiger partial charge in [-0.15, -0.1) is 0 Å². The van der Waals surface area contributed by atoms with Crippen LogP contribution in [0.1, 0.15) is 51.7 Å². The summed E-state index contributed by atoms with van der Waals surface area (Å²) in [4.78, 5) is 0. The molecule has 2 nitrogen and oxygen atoms in total. The van der Waals surface area contributed by atoms with Crippen LogP contribution in [-0.2, 0) is 10.8 Å². The SMILES string of the molecule is CC1(C)CCC(C)(C)c2cc3c(cc21)c1cc2c4ccccc4n(-c4ccccc4)c2cc1n3-c1cc2ccccc2c2ccccc12. The van der Waals surface area contributed by atoms with Crippen LogP contribution in [0, 0.1) is 0 Å². The minimum absolute atomic E-state index is 0.108. The maximum atomic E-state index is 2.59. The molecule has 0 aliphatic heterocycles. The van der Waals surface area contributed by atoms with Crippen molar-refractivity contribution in [2.75, 3.05) is 0 Å². The average molecular weight is 619 g/mol. The first-order valence-electron chi connectivity index (χ1n) is 17.3. The summed E-state index contributed by atoms with van der Waals surface area (Å²) in [6.45, 7) is 9.76. The summed E-state index contributed by atoms with van der Waals surface area (Å²) in [7, 11) is 0. The highest BCUT2D eigenvalue weighted by molar-refractivity contribution is 6.21. The predicted octanol–water partition coefficient (Wildman–Crippen LogP) is 12.5. The van der Waals surface area contributed by atoms with Crippen LogP contribution in [0.15, 0.2) is 133 Å². The Bertz CT molecular complexity index is 2770. The quantitative estimate of drug-likeness (QED) is 0.171. The van der Waals surface area contributed by atoms with Gasteiger partial charge in [-0.25, -0.2) is 0 Å². The molecule has 10 rings (SSSR count). The normalized spacial score (nSPS) is 15.7. The summed E-state index contributed by atoms with van der Waals surface area (Å²) in [5, 5.41) is 10.4. The standard InChI is InChI=1S/C46H38N2/c1-45(2)22-23-46(3,4)39-27-42-37(26-38(39)45)36-25-35-34-20-12-13-21-40(34)47(30-15-6-5-7-16-30)43(35)28-44(36)48(42)41-24-29-14-8-9-17-31(29)32-18-10-11-19-33(32)41/h5-21,24-28H,22-23H2,1-4H3. The third-order valence-corrected chi connectivity index (χ3v) is 11.5. The molecule has 7 aromatic carbocycles. The molecular formula is C46H38N2. The second-order valence-corrected chi connectivity index (χ2v) is 15.3. The average Bonchev–Trinajstić information content (AvgIpc) is 3.60. The Morgan fingerprint density at radius 2 is 0.938 bits per heavy atom. The van der Waals surface area contributed by atoms with Gasteiger partial charge < -0.3 is 9.13 Å². The molecule has 0 amide bonds. The lowest BCUT2D eigenvalue weighted by atomic mass is 9.63. The molecule has 9 aromatic rings. The summed E-state index contributed by atoms with van der Waals surface area (Å²) >= 11 is 0. The van der Waals surface area contributed by atoms with E-state index in [9.17, 15) is 0 Å². The molecule has 1 aliphatic carbocycles. The van der Waals surface area contributed by atoms with E-state index in [1.807, 2.05) is 0 Å². The molecule has 232 valence electrons. The highest BCUT2D eigenvalue weighted by atomic mass is 15.0. The molecule has 2 aromatic heterocycles. The summed E-state index contributed by atoms with van der Waals surface area (Å²) in [6, 6.07) is 50.0. The largest absolute Gasteiger partial charge is 0.309 e. The van der Waals surface area contributed by atoms with Gasteiger partial charge in [0.2, 0.25) is 0 Å². The molecule has 48 heavy (non-hydrogen) atoms. The topological polar surface area (TPSA) is 9.86 Å². The first-order valence-corrected chi connectivity index (χ1v) is 17.3. The zero-order chi connectivity index (χ0) is 32.4. The monoisotopic (exact) mass is 618 g/mol. The van der Waals surface area contributed by atoms with Crippen molar-refractivity contribution in [3.8, 4) is 11.4 Å². The summed E-state index contributed by atoms with van der Waals surface area (Å²) in [5.74, 6) is 0. The molecule has 0 bridgehead atoms. The zero-order valence-corrected chi connectivity index (χ0v) is 28.0. The second-order valence-electron chi connectivity index (χ2n) is 15.3. The predicted molar refractivity (Wildman–Crippen MR) is 205 cm³/mol. The maximum absolute atomic E-state index is 2.59. The number of aromatic nitrogens is 2. The summed E-state index contributed by atoms with van der Waals surface area (Å²) in [6.07, 6.45) is 2.38. The van der Waals surface area contributed by atoms with E-state index in [1.54, 1.807) is 0 Å². The van der Waals surface area contributed by atoms with E-state index in [0.717, 1.165) is 0 Å². The van der Waals surface area contributed by atoms with Gasteiger partial charge >= 0.3 is 0 Å². The smallest absolute Gasteiger partial charge is 0.0562 e. The van der Waals surface area contributed by atoms with Crippen LogP contribution in [0.5, 0.6) is 0 Å². The zero-order valence-electron chi connectivity index (χ0n) is 28.0. The third kappa shape index (κ3) is 3.75. The van der Waals surface area contributed by atoms with E-state index in [0.29, 0.717) is 0 Å². The van der Waals surface area contributed by atoms with E-state index in [1.165, 1.54) is 100 Å². The van der Waals surface area contributed by atoms with Crippen molar-refractivity contribution in [3.63, 3.8) is 0 Å². The molecule has 0 radical (unpaired) electrons. The number of benzene rings is 7. The molecule has 0 spiro atoms. The fourth-order valence-corrected chi connectivity index (χ4v) is 8.87. The number of para-hydroxylation sites is 2. The highest BCUT2D eigenvalue weighted by Gasteiger charge is 2.38. The van der Waals surface area contributed by atoms with Crippen LogP contribution in [0.4, 0.5) is 0 Å². The van der Waals surface area contributed by atoms with E-state index in [-0.39, 0.29) is 10.8 Å². The number of hydrogen-bond acceptors (Lipinski definition) is 0. The number of hydrogen-bond donors (Lipinski definition) is 0. The molecule has 0 atom stereocenters. The number of rotatable bonds is 2. The van der Waals surface area contributed by atoms with Crippen molar-refractivity contribution in [1.82, 2.24) is 9.13 Å². The van der Waals surface area contributed by atoms with Crippen LogP contribution in [0.3, 0.4) is 0 Å². The van der Waals surface area contributed by atoms with Crippen LogP contribution in [0.2, 0.25) is 0 Å². The Balaban J connectivity index is 1.44. The lowest BCUT2D eigenvalue weighted by Crippen LogP contribution is -2.33. The molecule has 0 unspecified atom stereocenters. The molecule has 2 heteroatoms. The van der Waals surface area contributed by atoms with E-state index < -0.39 is 0 Å². The van der Waals surface area contributed by atoms with Gasteiger partial charge in [0.15, 0.2) is 0 Å². The van der Waals surface area contributed by atoms with E-state index in [2.05, 4.69) is 170 Å². The van der Waals surface area contributed by atoms with E-state index in [4.69, 9.17) is 0 Å². The fraction of sp³-hybridized carbons (Fsp3) is 0.174. The minimum Gasteiger partial charge on any atom is -0.309 e. The van der Waals surface area contributed by atoms with Gasteiger partial charge in [0, 0.05) is 32.6 Å². The lowest BCUT2D eigenvalue weighted by Gasteiger charge is -2.42. The molecule has 0 N–H and O–H groups in total. The van der Waals surface area contributed by atoms with Crippen molar-refractivity contribution >= 4 is 65.2 Å².